The Morgan fingerprint density at radius 1 is 1.15 bits per heavy atom. The van der Waals surface area contributed by atoms with Crippen LogP contribution in [0.1, 0.15) is 35.7 Å². The second-order valence-electron chi connectivity index (χ2n) is 7.89. The summed E-state index contributed by atoms with van der Waals surface area (Å²) in [7, 11) is -4.04. The maximum absolute atomic E-state index is 13.3. The van der Waals surface area contributed by atoms with Crippen LogP contribution in [0.2, 0.25) is 5.02 Å². The van der Waals surface area contributed by atoms with Crippen LogP contribution >= 0.6 is 11.6 Å². The highest BCUT2D eigenvalue weighted by molar-refractivity contribution is 7.93. The number of hydrogen-bond donors (Lipinski definition) is 2. The van der Waals surface area contributed by atoms with Gasteiger partial charge in [0.2, 0.25) is 0 Å². The molecular weight excluding hydrogens is 470 g/mol. The zero-order valence-electron chi connectivity index (χ0n) is 17.7. The fourth-order valence-corrected chi connectivity index (χ4v) is 5.46. The Balaban J connectivity index is 1.49. The number of nitrogens with one attached hydrogen (secondary N) is 2. The van der Waals surface area contributed by atoms with E-state index in [4.69, 9.17) is 16.3 Å². The minimum atomic E-state index is -4.04. The summed E-state index contributed by atoms with van der Waals surface area (Å²) in [5.74, 6) is -1.72. The van der Waals surface area contributed by atoms with Crippen LogP contribution in [0.3, 0.4) is 0 Å². The second kappa shape index (κ2) is 9.03. The molecule has 1 saturated carbocycles. The number of carbonyl (C=O) groups excluding carboxylic acids is 3. The lowest BCUT2D eigenvalue weighted by Crippen LogP contribution is -2.45. The number of esters is 1. The normalized spacial score (nSPS) is 16.0. The molecule has 0 bridgehead atoms. The molecule has 0 saturated heterocycles. The molecule has 174 valence electrons. The van der Waals surface area contributed by atoms with Gasteiger partial charge in [0, 0.05) is 12.6 Å². The van der Waals surface area contributed by atoms with E-state index in [2.05, 4.69) is 10.6 Å². The Labute approximate surface area is 196 Å². The summed E-state index contributed by atoms with van der Waals surface area (Å²) >= 11 is 6.18. The molecule has 4 rings (SSSR count). The third-order valence-electron chi connectivity index (χ3n) is 5.38. The highest BCUT2D eigenvalue weighted by atomic mass is 35.5. The first-order valence-corrected chi connectivity index (χ1v) is 12.2. The molecule has 3 amide bonds. The molecule has 2 aromatic rings. The van der Waals surface area contributed by atoms with Crippen molar-refractivity contribution in [3.8, 4) is 0 Å². The van der Waals surface area contributed by atoms with Crippen LogP contribution < -0.4 is 14.9 Å². The second-order valence-corrected chi connectivity index (χ2v) is 10.1. The van der Waals surface area contributed by atoms with E-state index < -0.39 is 34.0 Å². The maximum atomic E-state index is 13.3. The maximum Gasteiger partial charge on any atom is 0.338 e. The van der Waals surface area contributed by atoms with Crippen molar-refractivity contribution in [3.05, 3.63) is 58.6 Å². The first-order valence-electron chi connectivity index (χ1n) is 10.4. The molecule has 33 heavy (non-hydrogen) atoms. The number of benzene rings is 2. The van der Waals surface area contributed by atoms with Gasteiger partial charge >= 0.3 is 12.0 Å². The Hall–Kier alpha value is -3.11. The minimum absolute atomic E-state index is 0.0431. The number of ether oxygens (including phenoxy) is 1. The lowest BCUT2D eigenvalue weighted by molar-refractivity contribution is -0.127. The largest absolute Gasteiger partial charge is 0.449 e. The quantitative estimate of drug-likeness (QED) is 0.599. The number of rotatable bonds is 6. The monoisotopic (exact) mass is 491 g/mol. The first kappa shape index (κ1) is 23.1. The van der Waals surface area contributed by atoms with Crippen molar-refractivity contribution >= 4 is 45.2 Å². The molecule has 2 aromatic carbocycles. The summed E-state index contributed by atoms with van der Waals surface area (Å²) < 4.78 is 33.0. The molecule has 0 radical (unpaired) electrons. The van der Waals surface area contributed by atoms with E-state index in [1.165, 1.54) is 23.4 Å². The van der Waals surface area contributed by atoms with E-state index >= 15 is 0 Å². The first-order chi connectivity index (χ1) is 15.7. The highest BCUT2D eigenvalue weighted by Crippen LogP contribution is 2.35. The van der Waals surface area contributed by atoms with Gasteiger partial charge in [-0.1, -0.05) is 29.8 Å². The van der Waals surface area contributed by atoms with E-state index in [1.54, 1.807) is 12.1 Å². The van der Waals surface area contributed by atoms with Gasteiger partial charge in [0.25, 0.3) is 15.9 Å². The molecule has 1 heterocycles. The Bertz CT molecular complexity index is 1230. The number of anilines is 1. The van der Waals surface area contributed by atoms with Crippen LogP contribution in [0.25, 0.3) is 0 Å². The van der Waals surface area contributed by atoms with Gasteiger partial charge in [-0.15, -0.1) is 0 Å². The van der Waals surface area contributed by atoms with Crippen LogP contribution in [0.5, 0.6) is 0 Å². The highest BCUT2D eigenvalue weighted by Gasteiger charge is 2.33. The van der Waals surface area contributed by atoms with Gasteiger partial charge in [0.1, 0.15) is 4.90 Å². The smallest absolute Gasteiger partial charge is 0.338 e. The predicted molar refractivity (Wildman–Crippen MR) is 121 cm³/mol. The zero-order valence-corrected chi connectivity index (χ0v) is 19.3. The molecule has 1 unspecified atom stereocenters. The molecule has 2 aliphatic rings. The van der Waals surface area contributed by atoms with Gasteiger partial charge in [-0.05, 0) is 56.0 Å². The van der Waals surface area contributed by atoms with Crippen molar-refractivity contribution in [3.63, 3.8) is 0 Å². The lowest BCUT2D eigenvalue weighted by Gasteiger charge is -2.21. The minimum Gasteiger partial charge on any atom is -0.449 e. The number of para-hydroxylation sites is 1. The molecule has 11 heteroatoms. The number of imide groups is 1. The molecular formula is C22H22ClN3O6S. The molecule has 0 spiro atoms. The fourth-order valence-electron chi connectivity index (χ4n) is 3.45. The Morgan fingerprint density at radius 2 is 1.88 bits per heavy atom. The van der Waals surface area contributed by atoms with Crippen LogP contribution in [-0.2, 0) is 26.0 Å². The molecule has 0 aromatic heterocycles. The molecule has 1 fully saturated rings. The third kappa shape index (κ3) is 4.96. The van der Waals surface area contributed by atoms with E-state index in [-0.39, 0.29) is 28.1 Å². The summed E-state index contributed by atoms with van der Waals surface area (Å²) in [6.07, 6.45) is 1.01. The number of carbonyl (C=O) groups is 3. The number of hydrogen-bond acceptors (Lipinski definition) is 6. The molecule has 2 N–H and O–H groups in total. The zero-order chi connectivity index (χ0) is 23.8. The summed E-state index contributed by atoms with van der Waals surface area (Å²) in [6.45, 7) is 1.57. The molecule has 9 nitrogen and oxygen atoms in total. The standard InChI is InChI=1S/C22H22ClN3O6S/c1-13(20(27)25-22(29)24-16-7-8-16)32-21(28)15-6-9-17(23)19(12-15)33(30,31)26-11-10-14-4-2-3-5-18(14)26/h2-6,9,12-13,16H,7-8,10-11H2,1H3,(H2,24,25,27,29). The van der Waals surface area contributed by atoms with Crippen LogP contribution in [0, 0.1) is 0 Å². The number of fused-ring (bicyclic) bond motifs is 1. The van der Waals surface area contributed by atoms with Crippen molar-refractivity contribution in [1.82, 2.24) is 10.6 Å². The van der Waals surface area contributed by atoms with Gasteiger partial charge in [0.15, 0.2) is 6.10 Å². The average molecular weight is 492 g/mol. The lowest BCUT2D eigenvalue weighted by atomic mass is 10.2. The van der Waals surface area contributed by atoms with Crippen molar-refractivity contribution in [2.75, 3.05) is 10.8 Å². The van der Waals surface area contributed by atoms with Crippen molar-refractivity contribution < 1.29 is 27.5 Å². The number of halogens is 1. The van der Waals surface area contributed by atoms with Gasteiger partial charge in [-0.3, -0.25) is 14.4 Å². The van der Waals surface area contributed by atoms with Crippen molar-refractivity contribution in [2.24, 2.45) is 0 Å². The van der Waals surface area contributed by atoms with Crippen molar-refractivity contribution in [2.45, 2.75) is 43.2 Å². The molecule has 1 aliphatic carbocycles. The molecule has 1 atom stereocenters. The predicted octanol–water partition coefficient (Wildman–Crippen LogP) is 2.62. The van der Waals surface area contributed by atoms with E-state index in [1.807, 2.05) is 12.1 Å². The van der Waals surface area contributed by atoms with Gasteiger partial charge in [0.05, 0.1) is 16.3 Å². The topological polar surface area (TPSA) is 122 Å². The van der Waals surface area contributed by atoms with Crippen molar-refractivity contribution in [1.29, 1.82) is 0 Å². The third-order valence-corrected chi connectivity index (χ3v) is 7.68. The van der Waals surface area contributed by atoms with Crippen LogP contribution in [0.4, 0.5) is 10.5 Å². The van der Waals surface area contributed by atoms with Gasteiger partial charge < -0.3 is 10.1 Å². The summed E-state index contributed by atoms with van der Waals surface area (Å²) in [5.41, 5.74) is 1.38. The number of nitrogens with zero attached hydrogens (tertiary/aromatic N) is 1. The summed E-state index contributed by atoms with van der Waals surface area (Å²) in [5, 5.41) is 4.66. The number of sulfonamides is 1. The Morgan fingerprint density at radius 3 is 2.61 bits per heavy atom. The van der Waals surface area contributed by atoms with Crippen LogP contribution in [0.15, 0.2) is 47.4 Å². The number of amides is 3. The molecule has 1 aliphatic heterocycles. The van der Waals surface area contributed by atoms with E-state index in [9.17, 15) is 22.8 Å². The van der Waals surface area contributed by atoms with Gasteiger partial charge in [-0.25, -0.2) is 18.0 Å². The van der Waals surface area contributed by atoms with E-state index in [0.29, 0.717) is 12.1 Å². The summed E-state index contributed by atoms with van der Waals surface area (Å²) in [4.78, 5) is 36.2. The van der Waals surface area contributed by atoms with Crippen LogP contribution in [-0.4, -0.2) is 45.0 Å². The van der Waals surface area contributed by atoms with Gasteiger partial charge in [-0.2, -0.15) is 0 Å². The SMILES string of the molecule is CC(OC(=O)c1ccc(Cl)c(S(=O)(=O)N2CCc3ccccc32)c1)C(=O)NC(=O)NC1CC1. The fraction of sp³-hybridized carbons (Fsp3) is 0.318. The number of urea groups is 1. The van der Waals surface area contributed by atoms with E-state index in [0.717, 1.165) is 24.5 Å². The Kier molecular flexibility index (Phi) is 6.31. The summed E-state index contributed by atoms with van der Waals surface area (Å²) in [6, 6.07) is 10.3. The average Bonchev–Trinajstić information content (AvgIpc) is 3.47.